The van der Waals surface area contributed by atoms with Crippen molar-refractivity contribution in [2.24, 2.45) is 5.73 Å². The molecule has 2 rings (SSSR count). The van der Waals surface area contributed by atoms with Crippen LogP contribution < -0.4 is 10.5 Å². The standard InChI is InChI=1S/C15H15ClFNO/c16-13-8-12(6-7-18)9-14(17)15(13)19-10-11-4-2-1-3-5-11/h1-5,8-9H,6-7,10,18H2. The number of nitrogens with two attached hydrogens (primary N) is 1. The zero-order valence-electron chi connectivity index (χ0n) is 10.4. The molecule has 0 radical (unpaired) electrons. The van der Waals surface area contributed by atoms with E-state index in [0.29, 0.717) is 13.0 Å². The molecule has 0 amide bonds. The van der Waals surface area contributed by atoms with Gasteiger partial charge >= 0.3 is 0 Å². The van der Waals surface area contributed by atoms with Crippen LogP contribution in [0.25, 0.3) is 0 Å². The molecule has 2 nitrogen and oxygen atoms in total. The fourth-order valence-corrected chi connectivity index (χ4v) is 2.08. The van der Waals surface area contributed by atoms with Crippen molar-refractivity contribution >= 4 is 11.6 Å². The SMILES string of the molecule is NCCc1cc(F)c(OCc2ccccc2)c(Cl)c1. The number of rotatable bonds is 5. The maximum atomic E-state index is 13.9. The Hall–Kier alpha value is -1.58. The van der Waals surface area contributed by atoms with Gasteiger partial charge in [-0.15, -0.1) is 0 Å². The van der Waals surface area contributed by atoms with Crippen molar-refractivity contribution in [2.75, 3.05) is 6.54 Å². The van der Waals surface area contributed by atoms with Crippen molar-refractivity contribution in [1.29, 1.82) is 0 Å². The van der Waals surface area contributed by atoms with Gasteiger partial charge in [-0.05, 0) is 36.2 Å². The summed E-state index contributed by atoms with van der Waals surface area (Å²) >= 11 is 6.03. The number of hydrogen-bond donors (Lipinski definition) is 1. The molecule has 0 aliphatic heterocycles. The molecular formula is C15H15ClFNO. The van der Waals surface area contributed by atoms with E-state index >= 15 is 0 Å². The van der Waals surface area contributed by atoms with E-state index in [4.69, 9.17) is 22.1 Å². The summed E-state index contributed by atoms with van der Waals surface area (Å²) in [5.41, 5.74) is 7.17. The van der Waals surface area contributed by atoms with Crippen molar-refractivity contribution in [3.8, 4) is 5.75 Å². The first-order valence-corrected chi connectivity index (χ1v) is 6.43. The summed E-state index contributed by atoms with van der Waals surface area (Å²) < 4.78 is 19.3. The Morgan fingerprint density at radius 2 is 1.84 bits per heavy atom. The molecule has 0 aromatic heterocycles. The van der Waals surface area contributed by atoms with Gasteiger partial charge in [0.2, 0.25) is 0 Å². The summed E-state index contributed by atoms with van der Waals surface area (Å²) in [6, 6.07) is 12.7. The molecular weight excluding hydrogens is 265 g/mol. The summed E-state index contributed by atoms with van der Waals surface area (Å²) in [5, 5.41) is 0.277. The van der Waals surface area contributed by atoms with E-state index in [-0.39, 0.29) is 17.4 Å². The maximum absolute atomic E-state index is 13.9. The quantitative estimate of drug-likeness (QED) is 0.908. The van der Waals surface area contributed by atoms with Gasteiger partial charge in [0.05, 0.1) is 5.02 Å². The van der Waals surface area contributed by atoms with Crippen molar-refractivity contribution < 1.29 is 9.13 Å². The van der Waals surface area contributed by atoms with Crippen LogP contribution in [0.1, 0.15) is 11.1 Å². The lowest BCUT2D eigenvalue weighted by atomic mass is 10.1. The molecule has 0 heterocycles. The van der Waals surface area contributed by atoms with Crippen LogP contribution >= 0.6 is 11.6 Å². The van der Waals surface area contributed by atoms with Crippen molar-refractivity contribution in [3.63, 3.8) is 0 Å². The molecule has 0 aliphatic carbocycles. The Bertz CT molecular complexity index is 522. The summed E-state index contributed by atoms with van der Waals surface area (Å²) in [4.78, 5) is 0. The van der Waals surface area contributed by atoms with Gasteiger partial charge in [-0.1, -0.05) is 41.9 Å². The summed E-state index contributed by atoms with van der Waals surface area (Å²) in [6.07, 6.45) is 0.593. The number of benzene rings is 2. The average molecular weight is 280 g/mol. The Labute approximate surface area is 117 Å². The highest BCUT2D eigenvalue weighted by Gasteiger charge is 2.11. The van der Waals surface area contributed by atoms with Crippen molar-refractivity contribution in [2.45, 2.75) is 13.0 Å². The molecule has 0 spiro atoms. The predicted molar refractivity (Wildman–Crippen MR) is 74.9 cm³/mol. The van der Waals surface area contributed by atoms with Gasteiger partial charge in [-0.2, -0.15) is 0 Å². The van der Waals surface area contributed by atoms with Gasteiger partial charge in [0.1, 0.15) is 6.61 Å². The lowest BCUT2D eigenvalue weighted by Crippen LogP contribution is -2.04. The number of halogens is 2. The summed E-state index contributed by atoms with van der Waals surface area (Å²) in [6.45, 7) is 0.744. The van der Waals surface area contributed by atoms with E-state index < -0.39 is 5.82 Å². The van der Waals surface area contributed by atoms with Crippen LogP contribution in [-0.4, -0.2) is 6.54 Å². The third-order valence-electron chi connectivity index (χ3n) is 2.72. The zero-order chi connectivity index (χ0) is 13.7. The highest BCUT2D eigenvalue weighted by Crippen LogP contribution is 2.30. The van der Waals surface area contributed by atoms with Crippen LogP contribution in [0.3, 0.4) is 0 Å². The second-order valence-electron chi connectivity index (χ2n) is 4.20. The van der Waals surface area contributed by atoms with Crippen LogP contribution in [0.4, 0.5) is 4.39 Å². The molecule has 2 aromatic rings. The monoisotopic (exact) mass is 279 g/mol. The lowest BCUT2D eigenvalue weighted by Gasteiger charge is -2.11. The molecule has 0 fully saturated rings. The van der Waals surface area contributed by atoms with E-state index in [1.165, 1.54) is 6.07 Å². The highest BCUT2D eigenvalue weighted by molar-refractivity contribution is 6.32. The van der Waals surface area contributed by atoms with Gasteiger partial charge in [-0.3, -0.25) is 0 Å². The first-order valence-electron chi connectivity index (χ1n) is 6.05. The van der Waals surface area contributed by atoms with E-state index in [1.54, 1.807) is 6.07 Å². The fourth-order valence-electron chi connectivity index (χ4n) is 1.79. The van der Waals surface area contributed by atoms with Crippen LogP contribution in [0, 0.1) is 5.82 Å². The molecule has 0 unspecified atom stereocenters. The van der Waals surface area contributed by atoms with Gasteiger partial charge in [0, 0.05) is 0 Å². The average Bonchev–Trinajstić information content (AvgIpc) is 2.39. The Morgan fingerprint density at radius 1 is 1.11 bits per heavy atom. The number of ether oxygens (including phenoxy) is 1. The maximum Gasteiger partial charge on any atom is 0.174 e. The van der Waals surface area contributed by atoms with E-state index in [9.17, 15) is 4.39 Å². The van der Waals surface area contributed by atoms with Crippen LogP contribution in [-0.2, 0) is 13.0 Å². The highest BCUT2D eigenvalue weighted by atomic mass is 35.5. The lowest BCUT2D eigenvalue weighted by molar-refractivity contribution is 0.290. The van der Waals surface area contributed by atoms with E-state index in [2.05, 4.69) is 0 Å². The topological polar surface area (TPSA) is 35.2 Å². The fraction of sp³-hybridized carbons (Fsp3) is 0.200. The van der Waals surface area contributed by atoms with Crippen LogP contribution in [0.5, 0.6) is 5.75 Å². The van der Waals surface area contributed by atoms with Gasteiger partial charge < -0.3 is 10.5 Å². The summed E-state index contributed by atoms with van der Waals surface area (Å²) in [5.74, 6) is -0.363. The smallest absolute Gasteiger partial charge is 0.174 e. The molecule has 2 aromatic carbocycles. The van der Waals surface area contributed by atoms with E-state index in [0.717, 1.165) is 11.1 Å². The third-order valence-corrected chi connectivity index (χ3v) is 3.00. The molecule has 0 bridgehead atoms. The Kier molecular flexibility index (Phi) is 4.77. The molecule has 0 saturated carbocycles. The molecule has 19 heavy (non-hydrogen) atoms. The van der Waals surface area contributed by atoms with Gasteiger partial charge in [0.15, 0.2) is 11.6 Å². The Morgan fingerprint density at radius 3 is 2.47 bits per heavy atom. The Balaban J connectivity index is 2.12. The second kappa shape index (κ2) is 6.55. The first kappa shape index (κ1) is 13.8. The molecule has 0 saturated heterocycles. The van der Waals surface area contributed by atoms with Crippen molar-refractivity contribution in [1.82, 2.24) is 0 Å². The molecule has 0 aliphatic rings. The number of hydrogen-bond acceptors (Lipinski definition) is 2. The molecule has 4 heteroatoms. The first-order chi connectivity index (χ1) is 9.20. The predicted octanol–water partition coefficient (Wildman–Crippen LogP) is 3.56. The summed E-state index contributed by atoms with van der Waals surface area (Å²) in [7, 11) is 0. The minimum absolute atomic E-state index is 0.0892. The second-order valence-corrected chi connectivity index (χ2v) is 4.61. The van der Waals surface area contributed by atoms with Crippen LogP contribution in [0.2, 0.25) is 5.02 Å². The van der Waals surface area contributed by atoms with Crippen LogP contribution in [0.15, 0.2) is 42.5 Å². The largest absolute Gasteiger partial charge is 0.484 e. The molecule has 0 atom stereocenters. The minimum Gasteiger partial charge on any atom is -0.484 e. The molecule has 2 N–H and O–H groups in total. The zero-order valence-corrected chi connectivity index (χ0v) is 11.2. The molecule has 100 valence electrons. The van der Waals surface area contributed by atoms with Gasteiger partial charge in [0.25, 0.3) is 0 Å². The van der Waals surface area contributed by atoms with E-state index in [1.807, 2.05) is 30.3 Å². The third kappa shape index (κ3) is 3.69. The van der Waals surface area contributed by atoms with Crippen molar-refractivity contribution in [3.05, 3.63) is 64.4 Å². The normalized spacial score (nSPS) is 10.5. The minimum atomic E-state index is -0.452. The van der Waals surface area contributed by atoms with Gasteiger partial charge in [-0.25, -0.2) is 4.39 Å².